The Hall–Kier alpha value is -2.47. The van der Waals surface area contributed by atoms with Crippen molar-refractivity contribution >= 4 is 5.97 Å². The second-order valence-electron chi connectivity index (χ2n) is 9.08. The fourth-order valence-electron chi connectivity index (χ4n) is 4.03. The number of methoxy groups -OCH3 is 1. The molecular weight excluding hydrogens is 488 g/mol. The minimum Gasteiger partial charge on any atom is -0.464 e. The van der Waals surface area contributed by atoms with Crippen molar-refractivity contribution in [3.05, 3.63) is 59.7 Å². The molecule has 1 atom stereocenters. The molecule has 38 heavy (non-hydrogen) atoms. The molecule has 0 aliphatic carbocycles. The van der Waals surface area contributed by atoms with E-state index in [1.54, 1.807) is 6.07 Å². The van der Waals surface area contributed by atoms with E-state index in [-0.39, 0.29) is 6.10 Å². The number of pyridine rings is 2. The highest BCUT2D eigenvalue weighted by atomic mass is 16.5. The number of nitrogens with zero attached hydrogens (tertiary/aromatic N) is 4. The van der Waals surface area contributed by atoms with Gasteiger partial charge in [-0.2, -0.15) is 0 Å². The lowest BCUT2D eigenvalue weighted by Crippen LogP contribution is -2.34. The first-order valence-electron chi connectivity index (χ1n) is 13.4. The molecule has 0 spiro atoms. The van der Waals surface area contributed by atoms with Gasteiger partial charge in [0.2, 0.25) is 0 Å². The molecule has 0 N–H and O–H groups in total. The molecule has 0 radical (unpaired) electrons. The zero-order chi connectivity index (χ0) is 26.8. The van der Waals surface area contributed by atoms with Gasteiger partial charge < -0.3 is 23.7 Å². The van der Waals surface area contributed by atoms with E-state index >= 15 is 0 Å². The summed E-state index contributed by atoms with van der Waals surface area (Å²) in [6.45, 7) is 10.4. The number of ether oxygens (including phenoxy) is 5. The number of carbonyl (C=O) groups is 1. The highest BCUT2D eigenvalue weighted by molar-refractivity contribution is 5.87. The molecule has 0 unspecified atom stereocenters. The zero-order valence-corrected chi connectivity index (χ0v) is 22.8. The van der Waals surface area contributed by atoms with Crippen molar-refractivity contribution in [1.82, 2.24) is 19.8 Å². The number of aromatic nitrogens is 2. The molecule has 0 aromatic carbocycles. The Morgan fingerprint density at radius 3 is 2.18 bits per heavy atom. The van der Waals surface area contributed by atoms with Crippen LogP contribution in [0.3, 0.4) is 0 Å². The molecule has 2 aromatic rings. The minimum absolute atomic E-state index is 0.0389. The molecule has 1 saturated heterocycles. The monoisotopic (exact) mass is 530 g/mol. The normalized spacial score (nSPS) is 20.3. The van der Waals surface area contributed by atoms with E-state index in [1.807, 2.05) is 36.5 Å². The van der Waals surface area contributed by atoms with E-state index in [0.717, 1.165) is 37.4 Å². The van der Waals surface area contributed by atoms with Crippen LogP contribution in [0, 0.1) is 0 Å². The predicted octanol–water partition coefficient (Wildman–Crippen LogP) is 2.43. The van der Waals surface area contributed by atoms with Gasteiger partial charge in [0.15, 0.2) is 0 Å². The van der Waals surface area contributed by atoms with E-state index in [9.17, 15) is 4.79 Å². The second-order valence-corrected chi connectivity index (χ2v) is 9.08. The van der Waals surface area contributed by atoms with Crippen LogP contribution < -0.4 is 0 Å². The van der Waals surface area contributed by atoms with Crippen LogP contribution >= 0.6 is 0 Å². The van der Waals surface area contributed by atoms with Crippen molar-refractivity contribution in [3.8, 4) is 0 Å². The first kappa shape index (κ1) is 30.1. The van der Waals surface area contributed by atoms with E-state index in [4.69, 9.17) is 23.7 Å². The Balaban J connectivity index is 1.53. The second kappa shape index (κ2) is 17.9. The standard InChI is InChI=1S/C28H42N4O6/c1-3-26-23-37-17-13-31(22-25-8-6-9-27(30-25)28(33)34-2)11-15-35-19-20-36-16-12-32(14-18-38-26)21-24-7-4-5-10-29-24/h4-10,26H,3,11-23H2,1-2H3/t26-/m1/s1. The number of hydrogen-bond donors (Lipinski definition) is 0. The van der Waals surface area contributed by atoms with Crippen molar-refractivity contribution < 1.29 is 28.5 Å². The van der Waals surface area contributed by atoms with Crippen LogP contribution in [-0.2, 0) is 36.8 Å². The van der Waals surface area contributed by atoms with Crippen LogP contribution in [0.4, 0.5) is 0 Å². The van der Waals surface area contributed by atoms with E-state index in [0.29, 0.717) is 71.6 Å². The first-order chi connectivity index (χ1) is 18.7. The Kier molecular flexibility index (Phi) is 14.2. The fraction of sp³-hybridized carbons (Fsp3) is 0.607. The lowest BCUT2D eigenvalue weighted by Gasteiger charge is -2.25. The summed E-state index contributed by atoms with van der Waals surface area (Å²) in [6.07, 6.45) is 2.74. The van der Waals surface area contributed by atoms with Gasteiger partial charge in [-0.15, -0.1) is 0 Å². The number of hydrogen-bond acceptors (Lipinski definition) is 10. The summed E-state index contributed by atoms with van der Waals surface area (Å²) in [7, 11) is 1.36. The lowest BCUT2D eigenvalue weighted by atomic mass is 10.2. The maximum atomic E-state index is 11.9. The topological polar surface area (TPSA) is 95.5 Å². The van der Waals surface area contributed by atoms with Gasteiger partial charge in [-0.1, -0.05) is 19.1 Å². The summed E-state index contributed by atoms with van der Waals surface area (Å²) in [5.74, 6) is -0.441. The summed E-state index contributed by atoms with van der Waals surface area (Å²) in [4.78, 5) is 25.3. The van der Waals surface area contributed by atoms with E-state index < -0.39 is 5.97 Å². The summed E-state index contributed by atoms with van der Waals surface area (Å²) >= 11 is 0. The third kappa shape index (κ3) is 11.5. The van der Waals surface area contributed by atoms with Crippen molar-refractivity contribution in [1.29, 1.82) is 0 Å². The summed E-state index contributed by atoms with van der Waals surface area (Å²) < 4.78 is 28.6. The quantitative estimate of drug-likeness (QED) is 0.518. The smallest absolute Gasteiger partial charge is 0.356 e. The summed E-state index contributed by atoms with van der Waals surface area (Å²) in [6, 6.07) is 11.4. The SMILES string of the molecule is CC[C@@H]1COCCN(Cc2cccc(C(=O)OC)n2)CCOCCOCCN(Cc2ccccn2)CCO1. The Bertz CT molecular complexity index is 919. The maximum absolute atomic E-state index is 11.9. The fourth-order valence-corrected chi connectivity index (χ4v) is 4.03. The van der Waals surface area contributed by atoms with Gasteiger partial charge in [-0.25, -0.2) is 9.78 Å². The Labute approximate surface area is 226 Å². The van der Waals surface area contributed by atoms with Crippen LogP contribution in [0.2, 0.25) is 0 Å². The highest BCUT2D eigenvalue weighted by Gasteiger charge is 2.14. The van der Waals surface area contributed by atoms with Crippen LogP contribution in [0.15, 0.2) is 42.6 Å². The van der Waals surface area contributed by atoms with Crippen LogP contribution in [0.5, 0.6) is 0 Å². The van der Waals surface area contributed by atoms with Gasteiger partial charge in [-0.05, 0) is 30.7 Å². The van der Waals surface area contributed by atoms with E-state index in [1.165, 1.54) is 7.11 Å². The third-order valence-electron chi connectivity index (χ3n) is 6.25. The van der Waals surface area contributed by atoms with E-state index in [2.05, 4.69) is 26.7 Å². The van der Waals surface area contributed by atoms with Crippen molar-refractivity contribution in [3.63, 3.8) is 0 Å². The molecule has 1 aliphatic rings. The molecule has 2 aromatic heterocycles. The van der Waals surface area contributed by atoms with Gasteiger partial charge in [0.1, 0.15) is 5.69 Å². The molecular formula is C28H42N4O6. The number of esters is 1. The van der Waals surface area contributed by atoms with Gasteiger partial charge in [0, 0.05) is 45.5 Å². The van der Waals surface area contributed by atoms with Crippen molar-refractivity contribution in [2.24, 2.45) is 0 Å². The van der Waals surface area contributed by atoms with Gasteiger partial charge in [-0.3, -0.25) is 14.8 Å². The molecule has 10 heteroatoms. The molecule has 0 bridgehead atoms. The molecule has 3 heterocycles. The number of carbonyl (C=O) groups excluding carboxylic acids is 1. The summed E-state index contributed by atoms with van der Waals surface area (Å²) in [5, 5.41) is 0. The lowest BCUT2D eigenvalue weighted by molar-refractivity contribution is -0.0344. The Morgan fingerprint density at radius 2 is 1.53 bits per heavy atom. The minimum atomic E-state index is -0.441. The molecule has 10 nitrogen and oxygen atoms in total. The average Bonchev–Trinajstić information content (AvgIpc) is 2.95. The average molecular weight is 531 g/mol. The molecule has 0 amide bonds. The molecule has 210 valence electrons. The molecule has 1 aliphatic heterocycles. The predicted molar refractivity (Wildman–Crippen MR) is 143 cm³/mol. The highest BCUT2D eigenvalue weighted by Crippen LogP contribution is 2.07. The third-order valence-corrected chi connectivity index (χ3v) is 6.25. The Morgan fingerprint density at radius 1 is 0.868 bits per heavy atom. The summed E-state index contributed by atoms with van der Waals surface area (Å²) in [5.41, 5.74) is 2.13. The van der Waals surface area contributed by atoms with Gasteiger partial charge in [0.05, 0.1) is 70.8 Å². The van der Waals surface area contributed by atoms with Gasteiger partial charge >= 0.3 is 5.97 Å². The van der Waals surface area contributed by atoms with Crippen molar-refractivity contribution in [2.75, 3.05) is 79.5 Å². The van der Waals surface area contributed by atoms with Crippen LogP contribution in [-0.4, -0.2) is 111 Å². The first-order valence-corrected chi connectivity index (χ1v) is 13.4. The van der Waals surface area contributed by atoms with Crippen molar-refractivity contribution in [2.45, 2.75) is 32.5 Å². The van der Waals surface area contributed by atoms with Gasteiger partial charge in [0.25, 0.3) is 0 Å². The number of rotatable bonds is 6. The van der Waals surface area contributed by atoms with Crippen LogP contribution in [0.1, 0.15) is 35.2 Å². The largest absolute Gasteiger partial charge is 0.464 e. The van der Waals surface area contributed by atoms with Crippen LogP contribution in [0.25, 0.3) is 0 Å². The molecule has 3 rings (SSSR count). The maximum Gasteiger partial charge on any atom is 0.356 e. The molecule has 1 fully saturated rings. The zero-order valence-electron chi connectivity index (χ0n) is 22.8. The molecule has 0 saturated carbocycles.